The number of hydrogen-bond acceptors (Lipinski definition) is 4. The van der Waals surface area contributed by atoms with Gasteiger partial charge in [-0.25, -0.2) is 4.79 Å². The molecule has 4 rings (SSSR count). The lowest BCUT2D eigenvalue weighted by atomic mass is 9.85. The van der Waals surface area contributed by atoms with E-state index in [0.717, 1.165) is 6.08 Å². The van der Waals surface area contributed by atoms with Crippen LogP contribution in [-0.4, -0.2) is 46.4 Å². The van der Waals surface area contributed by atoms with Crippen molar-refractivity contribution < 1.29 is 24.2 Å². The zero-order chi connectivity index (χ0) is 19.7. The molecular formula is C22H19NO5. The molecule has 0 atom stereocenters. The Kier molecular flexibility index (Phi) is 4.47. The van der Waals surface area contributed by atoms with E-state index >= 15 is 0 Å². The predicted octanol–water partition coefficient (Wildman–Crippen LogP) is 3.03. The number of ketones is 1. The van der Waals surface area contributed by atoms with Crippen LogP contribution in [0.1, 0.15) is 39.1 Å². The molecule has 2 aromatic carbocycles. The smallest absolute Gasteiger partial charge is 0.328 e. The Hall–Kier alpha value is -3.41. The number of likely N-dealkylation sites (tertiary alicyclic amines) is 1. The van der Waals surface area contributed by atoms with Gasteiger partial charge in [-0.15, -0.1) is 0 Å². The molecule has 6 heteroatoms. The summed E-state index contributed by atoms with van der Waals surface area (Å²) in [5.74, 6) is -0.672. The Morgan fingerprint density at radius 1 is 1.07 bits per heavy atom. The third-order valence-electron chi connectivity index (χ3n) is 5.26. The van der Waals surface area contributed by atoms with Gasteiger partial charge in [0.2, 0.25) is 5.78 Å². The van der Waals surface area contributed by atoms with Crippen LogP contribution in [0.25, 0.3) is 6.08 Å². The van der Waals surface area contributed by atoms with Crippen LogP contribution in [0.4, 0.5) is 0 Å². The number of hydrogen-bond donors (Lipinski definition) is 1. The van der Waals surface area contributed by atoms with Crippen molar-refractivity contribution in [3.05, 3.63) is 71.3 Å². The van der Waals surface area contributed by atoms with Crippen molar-refractivity contribution in [1.82, 2.24) is 4.90 Å². The summed E-state index contributed by atoms with van der Waals surface area (Å²) in [6.07, 6.45) is 3.34. The summed E-state index contributed by atoms with van der Waals surface area (Å²) in [7, 11) is 0. The molecule has 6 nitrogen and oxygen atoms in total. The number of carboxylic acid groups (broad SMARTS) is 1. The monoisotopic (exact) mass is 377 g/mol. The molecule has 28 heavy (non-hydrogen) atoms. The van der Waals surface area contributed by atoms with Crippen LogP contribution in [0, 0.1) is 0 Å². The second-order valence-electron chi connectivity index (χ2n) is 7.01. The van der Waals surface area contributed by atoms with E-state index in [-0.39, 0.29) is 11.7 Å². The number of Topliss-reactive ketones (excluding diaryl/α,β-unsaturated/α-hetero) is 1. The van der Waals surface area contributed by atoms with Crippen LogP contribution in [-0.2, 0) is 4.79 Å². The molecule has 2 aromatic rings. The van der Waals surface area contributed by atoms with E-state index in [2.05, 4.69) is 0 Å². The van der Waals surface area contributed by atoms with E-state index in [1.165, 1.54) is 6.08 Å². The van der Waals surface area contributed by atoms with Gasteiger partial charge >= 0.3 is 5.97 Å². The molecule has 142 valence electrons. The fourth-order valence-electron chi connectivity index (χ4n) is 3.75. The second-order valence-corrected chi connectivity index (χ2v) is 7.01. The Morgan fingerprint density at radius 3 is 2.46 bits per heavy atom. The molecular weight excluding hydrogens is 358 g/mol. The molecule has 0 saturated carbocycles. The standard InChI is InChI=1S/C22H19NO5/c24-19(25)9-7-15-6-8-18-17(14-15)20(26)22(28-18)10-12-23(13-11-22)21(27)16-4-2-1-3-5-16/h1-9,14H,10-13H2,(H,24,25). The molecule has 0 aliphatic carbocycles. The van der Waals surface area contributed by atoms with Crippen LogP contribution >= 0.6 is 0 Å². The number of carbonyl (C=O) groups excluding carboxylic acids is 2. The van der Waals surface area contributed by atoms with E-state index in [9.17, 15) is 14.4 Å². The van der Waals surface area contributed by atoms with Gasteiger partial charge in [-0.3, -0.25) is 9.59 Å². The van der Waals surface area contributed by atoms with Crippen molar-refractivity contribution >= 4 is 23.7 Å². The van der Waals surface area contributed by atoms with Gasteiger partial charge in [-0.1, -0.05) is 24.3 Å². The minimum Gasteiger partial charge on any atom is -0.478 e. The van der Waals surface area contributed by atoms with Gasteiger partial charge in [-0.05, 0) is 35.9 Å². The zero-order valence-electron chi connectivity index (χ0n) is 15.1. The SMILES string of the molecule is O=C(O)C=Cc1ccc2c(c1)C(=O)C1(CCN(C(=O)c3ccccc3)CC1)O2. The van der Waals surface area contributed by atoms with Crippen molar-refractivity contribution in [3.8, 4) is 5.75 Å². The van der Waals surface area contributed by atoms with Gasteiger partial charge in [0.25, 0.3) is 5.91 Å². The van der Waals surface area contributed by atoms with Crippen LogP contribution < -0.4 is 4.74 Å². The maximum atomic E-state index is 13.0. The second kappa shape index (κ2) is 6.96. The number of aliphatic carboxylic acids is 1. The molecule has 2 aliphatic heterocycles. The van der Waals surface area contributed by atoms with E-state index in [1.807, 2.05) is 18.2 Å². The summed E-state index contributed by atoms with van der Waals surface area (Å²) < 4.78 is 6.03. The van der Waals surface area contributed by atoms with Crippen molar-refractivity contribution in [2.24, 2.45) is 0 Å². The molecule has 0 aromatic heterocycles. The first-order chi connectivity index (χ1) is 13.5. The van der Waals surface area contributed by atoms with E-state index in [0.29, 0.717) is 48.4 Å². The molecule has 2 aliphatic rings. The van der Waals surface area contributed by atoms with E-state index < -0.39 is 11.6 Å². The first-order valence-electron chi connectivity index (χ1n) is 9.12. The topological polar surface area (TPSA) is 83.9 Å². The average Bonchev–Trinajstić information content (AvgIpc) is 2.98. The maximum absolute atomic E-state index is 13.0. The Balaban J connectivity index is 1.49. The number of amides is 1. The Bertz CT molecular complexity index is 972. The maximum Gasteiger partial charge on any atom is 0.328 e. The third-order valence-corrected chi connectivity index (χ3v) is 5.26. The lowest BCUT2D eigenvalue weighted by Gasteiger charge is -2.37. The minimum atomic E-state index is -1.05. The molecule has 0 bridgehead atoms. The molecule has 2 heterocycles. The molecule has 0 radical (unpaired) electrons. The summed E-state index contributed by atoms with van der Waals surface area (Å²) in [6.45, 7) is 0.887. The van der Waals surface area contributed by atoms with E-state index in [4.69, 9.17) is 9.84 Å². The number of ether oxygens (including phenoxy) is 1. The van der Waals surface area contributed by atoms with Crippen molar-refractivity contribution in [2.45, 2.75) is 18.4 Å². The van der Waals surface area contributed by atoms with Crippen LogP contribution in [0.5, 0.6) is 5.75 Å². The normalized spacial score (nSPS) is 17.6. The number of carboxylic acids is 1. The highest BCUT2D eigenvalue weighted by molar-refractivity contribution is 6.08. The Labute approximate surface area is 162 Å². The highest BCUT2D eigenvalue weighted by atomic mass is 16.5. The van der Waals surface area contributed by atoms with Crippen molar-refractivity contribution in [2.75, 3.05) is 13.1 Å². The first kappa shape index (κ1) is 18.0. The number of piperidine rings is 1. The average molecular weight is 377 g/mol. The number of carbonyl (C=O) groups is 3. The fraction of sp³-hybridized carbons (Fsp3) is 0.227. The van der Waals surface area contributed by atoms with Gasteiger partial charge in [0.1, 0.15) is 5.75 Å². The molecule has 1 amide bonds. The van der Waals surface area contributed by atoms with Gasteiger partial charge in [0.15, 0.2) is 5.60 Å². The quantitative estimate of drug-likeness (QED) is 0.831. The molecule has 1 fully saturated rings. The van der Waals surface area contributed by atoms with Crippen molar-refractivity contribution in [1.29, 1.82) is 0 Å². The highest BCUT2D eigenvalue weighted by Crippen LogP contribution is 2.41. The van der Waals surface area contributed by atoms with Crippen LogP contribution in [0.2, 0.25) is 0 Å². The summed E-state index contributed by atoms with van der Waals surface area (Å²) in [5, 5.41) is 8.76. The number of benzene rings is 2. The molecule has 0 unspecified atom stereocenters. The molecule has 1 spiro atoms. The van der Waals surface area contributed by atoms with Gasteiger partial charge < -0.3 is 14.7 Å². The van der Waals surface area contributed by atoms with Crippen molar-refractivity contribution in [3.63, 3.8) is 0 Å². The lowest BCUT2D eigenvalue weighted by molar-refractivity contribution is -0.131. The van der Waals surface area contributed by atoms with Gasteiger partial charge in [-0.2, -0.15) is 0 Å². The van der Waals surface area contributed by atoms with Crippen LogP contribution in [0.3, 0.4) is 0 Å². The summed E-state index contributed by atoms with van der Waals surface area (Å²) in [5.41, 5.74) is 0.794. The molecule has 1 N–H and O–H groups in total. The van der Waals surface area contributed by atoms with E-state index in [1.54, 1.807) is 35.2 Å². The highest BCUT2D eigenvalue weighted by Gasteiger charge is 2.50. The first-order valence-corrected chi connectivity index (χ1v) is 9.12. The van der Waals surface area contributed by atoms with Gasteiger partial charge in [0.05, 0.1) is 5.56 Å². The third kappa shape index (κ3) is 3.17. The number of fused-ring (bicyclic) bond motifs is 1. The predicted molar refractivity (Wildman–Crippen MR) is 102 cm³/mol. The minimum absolute atomic E-state index is 0.0421. The fourth-order valence-corrected chi connectivity index (χ4v) is 3.75. The van der Waals surface area contributed by atoms with Gasteiger partial charge in [0, 0.05) is 37.6 Å². The zero-order valence-corrected chi connectivity index (χ0v) is 15.1. The summed E-state index contributed by atoms with van der Waals surface area (Å²) >= 11 is 0. The Morgan fingerprint density at radius 2 is 1.79 bits per heavy atom. The summed E-state index contributed by atoms with van der Waals surface area (Å²) in [4.78, 5) is 38.1. The number of nitrogens with zero attached hydrogens (tertiary/aromatic N) is 1. The number of rotatable bonds is 3. The lowest BCUT2D eigenvalue weighted by Crippen LogP contribution is -2.51. The largest absolute Gasteiger partial charge is 0.478 e. The summed E-state index contributed by atoms with van der Waals surface area (Å²) in [6, 6.07) is 14.2. The van der Waals surface area contributed by atoms with Crippen LogP contribution in [0.15, 0.2) is 54.6 Å². The molecule has 1 saturated heterocycles.